The minimum absolute atomic E-state index is 0.727. The minimum Gasteiger partial charge on any atom is -0.478 e. The molecule has 0 spiro atoms. The van der Waals surface area contributed by atoms with E-state index in [9.17, 15) is 4.79 Å². The quantitative estimate of drug-likeness (QED) is 0.796. The molecule has 0 saturated heterocycles. The first-order valence-corrected chi connectivity index (χ1v) is 7.20. The fraction of sp³-hybridized carbons (Fsp3) is 0.118. The maximum absolute atomic E-state index is 10.5. The largest absolute Gasteiger partial charge is 0.478 e. The summed E-state index contributed by atoms with van der Waals surface area (Å²) in [5, 5.41) is 8.65. The summed E-state index contributed by atoms with van der Waals surface area (Å²) in [6.07, 6.45) is 2.70. The lowest BCUT2D eigenvalue weighted by molar-refractivity contribution is -0.131. The molecule has 21 heavy (non-hydrogen) atoms. The first-order valence-electron chi connectivity index (χ1n) is 6.41. The van der Waals surface area contributed by atoms with Gasteiger partial charge < -0.3 is 9.84 Å². The van der Waals surface area contributed by atoms with Gasteiger partial charge in [-0.15, -0.1) is 0 Å². The molecule has 2 rings (SSSR count). The van der Waals surface area contributed by atoms with E-state index < -0.39 is 5.97 Å². The van der Waals surface area contributed by atoms with Crippen LogP contribution < -0.4 is 4.74 Å². The van der Waals surface area contributed by atoms with Crippen molar-refractivity contribution in [3.63, 3.8) is 0 Å². The summed E-state index contributed by atoms with van der Waals surface area (Å²) < 4.78 is 6.88. The number of aryl methyl sites for hydroxylation is 2. The smallest absolute Gasteiger partial charge is 0.328 e. The zero-order valence-electron chi connectivity index (χ0n) is 11.8. The first kappa shape index (κ1) is 15.3. The fourth-order valence-corrected chi connectivity index (χ4v) is 2.39. The average molecular weight is 347 g/mol. The zero-order valence-corrected chi connectivity index (χ0v) is 13.3. The predicted octanol–water partition coefficient (Wildman–Crippen LogP) is 4.96. The summed E-state index contributed by atoms with van der Waals surface area (Å²) in [6.45, 7) is 3.90. The molecule has 0 atom stereocenters. The normalized spacial score (nSPS) is 10.8. The van der Waals surface area contributed by atoms with E-state index in [1.807, 2.05) is 50.2 Å². The average Bonchev–Trinajstić information content (AvgIpc) is 2.41. The first-order chi connectivity index (χ1) is 9.95. The van der Waals surface area contributed by atoms with Gasteiger partial charge in [0.05, 0.1) is 0 Å². The van der Waals surface area contributed by atoms with Crippen LogP contribution in [0.2, 0.25) is 0 Å². The van der Waals surface area contributed by atoms with Gasteiger partial charge in [-0.3, -0.25) is 0 Å². The highest BCUT2D eigenvalue weighted by Crippen LogP contribution is 2.28. The van der Waals surface area contributed by atoms with Gasteiger partial charge in [-0.05, 0) is 66.9 Å². The van der Waals surface area contributed by atoms with Crippen molar-refractivity contribution in [3.05, 3.63) is 63.6 Å². The summed E-state index contributed by atoms with van der Waals surface area (Å²) in [7, 11) is 0. The standard InChI is InChI=1S/C17H15BrO3/c1-11-10-15(6-3-13(11)4-8-17(19)20)21-16-7-5-14(18)9-12(16)2/h3-10H,1-2H3,(H,19,20). The van der Waals surface area contributed by atoms with E-state index in [0.29, 0.717) is 0 Å². The lowest BCUT2D eigenvalue weighted by Crippen LogP contribution is -1.90. The van der Waals surface area contributed by atoms with Crippen LogP contribution in [-0.2, 0) is 4.79 Å². The van der Waals surface area contributed by atoms with Gasteiger partial charge in [0.1, 0.15) is 11.5 Å². The predicted molar refractivity (Wildman–Crippen MR) is 86.8 cm³/mol. The molecule has 0 heterocycles. The Bertz CT molecular complexity index is 705. The van der Waals surface area contributed by atoms with Crippen molar-refractivity contribution in [1.82, 2.24) is 0 Å². The summed E-state index contributed by atoms with van der Waals surface area (Å²) in [4.78, 5) is 10.5. The number of rotatable bonds is 4. The molecule has 0 unspecified atom stereocenters. The van der Waals surface area contributed by atoms with E-state index in [4.69, 9.17) is 9.84 Å². The van der Waals surface area contributed by atoms with Crippen LogP contribution in [0.1, 0.15) is 16.7 Å². The molecule has 2 aromatic rings. The van der Waals surface area contributed by atoms with Crippen molar-refractivity contribution in [3.8, 4) is 11.5 Å². The molecule has 0 aromatic heterocycles. The molecule has 0 amide bonds. The number of benzene rings is 2. The molecule has 0 fully saturated rings. The minimum atomic E-state index is -0.958. The van der Waals surface area contributed by atoms with E-state index in [-0.39, 0.29) is 0 Å². The highest BCUT2D eigenvalue weighted by Gasteiger charge is 2.04. The summed E-state index contributed by atoms with van der Waals surface area (Å²) in [6, 6.07) is 11.4. The van der Waals surface area contributed by atoms with Crippen molar-refractivity contribution in [1.29, 1.82) is 0 Å². The second-order valence-electron chi connectivity index (χ2n) is 4.70. The van der Waals surface area contributed by atoms with Gasteiger partial charge in [0.2, 0.25) is 0 Å². The molecular formula is C17H15BrO3. The van der Waals surface area contributed by atoms with E-state index in [1.54, 1.807) is 6.08 Å². The maximum atomic E-state index is 10.5. The lowest BCUT2D eigenvalue weighted by Gasteiger charge is -2.10. The van der Waals surface area contributed by atoms with Gasteiger partial charge in [0.25, 0.3) is 0 Å². The highest BCUT2D eigenvalue weighted by atomic mass is 79.9. The molecule has 0 saturated carbocycles. The van der Waals surface area contributed by atoms with Crippen LogP contribution in [0.25, 0.3) is 6.08 Å². The number of halogens is 1. The van der Waals surface area contributed by atoms with Crippen LogP contribution in [0.15, 0.2) is 46.9 Å². The third kappa shape index (κ3) is 4.20. The van der Waals surface area contributed by atoms with Crippen molar-refractivity contribution < 1.29 is 14.6 Å². The van der Waals surface area contributed by atoms with Gasteiger partial charge in [-0.25, -0.2) is 4.79 Å². The second kappa shape index (κ2) is 6.59. The van der Waals surface area contributed by atoms with Crippen LogP contribution in [0.4, 0.5) is 0 Å². The Kier molecular flexibility index (Phi) is 4.81. The Morgan fingerprint density at radius 3 is 2.52 bits per heavy atom. The van der Waals surface area contributed by atoms with Gasteiger partial charge in [0, 0.05) is 10.5 Å². The molecule has 0 aliphatic carbocycles. The third-order valence-corrected chi connectivity index (χ3v) is 3.50. The van der Waals surface area contributed by atoms with E-state index >= 15 is 0 Å². The van der Waals surface area contributed by atoms with Crippen molar-refractivity contribution in [2.24, 2.45) is 0 Å². The molecule has 0 aliphatic heterocycles. The van der Waals surface area contributed by atoms with Crippen LogP contribution in [0.3, 0.4) is 0 Å². The second-order valence-corrected chi connectivity index (χ2v) is 5.62. The Morgan fingerprint density at radius 1 is 1.14 bits per heavy atom. The molecule has 2 aromatic carbocycles. The number of hydrogen-bond donors (Lipinski definition) is 1. The SMILES string of the molecule is Cc1cc(Oc2ccc(Br)cc2C)ccc1C=CC(=O)O. The molecule has 108 valence electrons. The van der Waals surface area contributed by atoms with Crippen LogP contribution in [0, 0.1) is 13.8 Å². The third-order valence-electron chi connectivity index (χ3n) is 3.01. The fourth-order valence-electron chi connectivity index (χ4n) is 1.91. The Balaban J connectivity index is 2.22. The van der Waals surface area contributed by atoms with E-state index in [0.717, 1.165) is 38.7 Å². The molecule has 0 radical (unpaired) electrons. The van der Waals surface area contributed by atoms with E-state index in [2.05, 4.69) is 15.9 Å². The van der Waals surface area contributed by atoms with Crippen molar-refractivity contribution >= 4 is 28.0 Å². The summed E-state index contributed by atoms with van der Waals surface area (Å²) >= 11 is 3.42. The molecule has 1 N–H and O–H groups in total. The number of carboxylic acid groups (broad SMARTS) is 1. The van der Waals surface area contributed by atoms with Crippen LogP contribution in [0.5, 0.6) is 11.5 Å². The molecule has 4 heteroatoms. The van der Waals surface area contributed by atoms with E-state index in [1.165, 1.54) is 0 Å². The number of hydrogen-bond acceptors (Lipinski definition) is 2. The molecule has 0 bridgehead atoms. The topological polar surface area (TPSA) is 46.5 Å². The molecular weight excluding hydrogens is 332 g/mol. The zero-order chi connectivity index (χ0) is 15.4. The van der Waals surface area contributed by atoms with Crippen LogP contribution in [-0.4, -0.2) is 11.1 Å². The number of carboxylic acids is 1. The highest BCUT2D eigenvalue weighted by molar-refractivity contribution is 9.10. The monoisotopic (exact) mass is 346 g/mol. The van der Waals surface area contributed by atoms with Gasteiger partial charge in [-0.2, -0.15) is 0 Å². The van der Waals surface area contributed by atoms with Gasteiger partial charge in [0.15, 0.2) is 0 Å². The van der Waals surface area contributed by atoms with Crippen LogP contribution >= 0.6 is 15.9 Å². The number of carbonyl (C=O) groups is 1. The summed E-state index contributed by atoms with van der Waals surface area (Å²) in [5.41, 5.74) is 2.86. The Labute approximate surface area is 132 Å². The lowest BCUT2D eigenvalue weighted by atomic mass is 10.1. The maximum Gasteiger partial charge on any atom is 0.328 e. The number of aliphatic carboxylic acids is 1. The van der Waals surface area contributed by atoms with Crippen molar-refractivity contribution in [2.45, 2.75) is 13.8 Å². The molecule has 3 nitrogen and oxygen atoms in total. The summed E-state index contributed by atoms with van der Waals surface area (Å²) in [5.74, 6) is 0.567. The van der Waals surface area contributed by atoms with Crippen molar-refractivity contribution in [2.75, 3.05) is 0 Å². The Morgan fingerprint density at radius 2 is 1.90 bits per heavy atom. The Hall–Kier alpha value is -2.07. The van der Waals surface area contributed by atoms with Gasteiger partial charge >= 0.3 is 5.97 Å². The van der Waals surface area contributed by atoms with Gasteiger partial charge in [-0.1, -0.05) is 22.0 Å². The number of ether oxygens (including phenoxy) is 1. The molecule has 0 aliphatic rings.